The van der Waals surface area contributed by atoms with Crippen LogP contribution in [0.25, 0.3) is 0 Å². The first-order valence-electron chi connectivity index (χ1n) is 4.79. The molecule has 0 aliphatic rings. The first kappa shape index (κ1) is 11.3. The summed E-state index contributed by atoms with van der Waals surface area (Å²) in [6.45, 7) is 1.89. The lowest BCUT2D eigenvalue weighted by Crippen LogP contribution is -2.13. The van der Waals surface area contributed by atoms with E-state index in [1.54, 1.807) is 5.51 Å². The molecule has 0 aliphatic carbocycles. The van der Waals surface area contributed by atoms with Gasteiger partial charge < -0.3 is 0 Å². The van der Waals surface area contributed by atoms with Crippen molar-refractivity contribution in [3.8, 4) is 0 Å². The fraction of sp³-hybridized carbons (Fsp3) is 0.182. The van der Waals surface area contributed by atoms with E-state index in [0.717, 1.165) is 9.90 Å². The molecule has 3 nitrogen and oxygen atoms in total. The lowest BCUT2D eigenvalue weighted by atomic mass is 10.1. The summed E-state index contributed by atoms with van der Waals surface area (Å²) in [6.07, 6.45) is 0. The number of rotatable bonds is 4. The largest absolute Gasteiger partial charge is 0.293 e. The number of ketones is 1. The molecule has 5 heteroatoms. The number of Topliss-reactive ketones (excluding diaryl/α,β-unsaturated/α-hetero) is 1. The molecule has 1 aromatic carbocycles. The zero-order valence-electron chi connectivity index (χ0n) is 8.66. The van der Waals surface area contributed by atoms with E-state index in [-0.39, 0.29) is 11.0 Å². The van der Waals surface area contributed by atoms with Crippen molar-refractivity contribution < 1.29 is 4.79 Å². The number of benzene rings is 1. The van der Waals surface area contributed by atoms with E-state index in [0.29, 0.717) is 0 Å². The topological polar surface area (TPSA) is 42.9 Å². The van der Waals surface area contributed by atoms with Crippen LogP contribution in [0.1, 0.15) is 17.3 Å². The molecule has 1 aromatic heterocycles. The fourth-order valence-corrected chi connectivity index (χ4v) is 2.96. The van der Waals surface area contributed by atoms with E-state index in [1.165, 1.54) is 23.1 Å². The van der Waals surface area contributed by atoms with Crippen LogP contribution in [0.2, 0.25) is 0 Å². The third-order valence-electron chi connectivity index (χ3n) is 2.05. The SMILES string of the molecule is C[C@@H](Sc1nncs1)C(=O)c1ccccc1. The van der Waals surface area contributed by atoms with Crippen molar-refractivity contribution in [3.63, 3.8) is 0 Å². The number of aromatic nitrogens is 2. The van der Waals surface area contributed by atoms with Gasteiger partial charge in [0, 0.05) is 5.56 Å². The molecular weight excluding hydrogens is 240 g/mol. The number of nitrogens with zero attached hydrogens (tertiary/aromatic N) is 2. The third-order valence-corrected chi connectivity index (χ3v) is 3.96. The highest BCUT2D eigenvalue weighted by atomic mass is 32.2. The maximum Gasteiger partial charge on any atom is 0.175 e. The molecule has 0 saturated carbocycles. The first-order valence-corrected chi connectivity index (χ1v) is 6.55. The van der Waals surface area contributed by atoms with Gasteiger partial charge in [-0.15, -0.1) is 10.2 Å². The van der Waals surface area contributed by atoms with E-state index in [2.05, 4.69) is 10.2 Å². The average Bonchev–Trinajstić information content (AvgIpc) is 2.82. The highest BCUT2D eigenvalue weighted by molar-refractivity contribution is 8.02. The molecule has 2 aromatic rings. The minimum Gasteiger partial charge on any atom is -0.293 e. The van der Waals surface area contributed by atoms with Gasteiger partial charge in [-0.1, -0.05) is 53.4 Å². The Morgan fingerprint density at radius 1 is 1.38 bits per heavy atom. The second-order valence-electron chi connectivity index (χ2n) is 3.19. The van der Waals surface area contributed by atoms with Gasteiger partial charge in [0.05, 0.1) is 5.25 Å². The zero-order valence-corrected chi connectivity index (χ0v) is 10.3. The molecule has 2 rings (SSSR count). The van der Waals surface area contributed by atoms with Gasteiger partial charge in [-0.05, 0) is 6.92 Å². The van der Waals surface area contributed by atoms with E-state index in [9.17, 15) is 4.79 Å². The first-order chi connectivity index (χ1) is 7.77. The van der Waals surface area contributed by atoms with Gasteiger partial charge >= 0.3 is 0 Å². The van der Waals surface area contributed by atoms with Crippen molar-refractivity contribution in [2.45, 2.75) is 16.5 Å². The summed E-state index contributed by atoms with van der Waals surface area (Å²) in [5.74, 6) is 0.126. The van der Waals surface area contributed by atoms with Crippen molar-refractivity contribution in [2.75, 3.05) is 0 Å². The van der Waals surface area contributed by atoms with Crippen LogP contribution in [-0.2, 0) is 0 Å². The molecule has 0 radical (unpaired) electrons. The molecule has 16 heavy (non-hydrogen) atoms. The zero-order chi connectivity index (χ0) is 11.4. The van der Waals surface area contributed by atoms with Gasteiger partial charge in [-0.3, -0.25) is 4.79 Å². The van der Waals surface area contributed by atoms with Crippen LogP contribution in [0.5, 0.6) is 0 Å². The maximum absolute atomic E-state index is 12.0. The highest BCUT2D eigenvalue weighted by Gasteiger charge is 2.17. The monoisotopic (exact) mass is 250 g/mol. The van der Waals surface area contributed by atoms with Crippen LogP contribution in [0.15, 0.2) is 40.2 Å². The smallest absolute Gasteiger partial charge is 0.175 e. The summed E-state index contributed by atoms with van der Waals surface area (Å²) < 4.78 is 0.830. The number of hydrogen-bond donors (Lipinski definition) is 0. The van der Waals surface area contributed by atoms with Crippen LogP contribution in [0.4, 0.5) is 0 Å². The van der Waals surface area contributed by atoms with Gasteiger partial charge in [0.25, 0.3) is 0 Å². The van der Waals surface area contributed by atoms with Gasteiger partial charge in [-0.2, -0.15) is 0 Å². The number of carbonyl (C=O) groups is 1. The van der Waals surface area contributed by atoms with Crippen LogP contribution < -0.4 is 0 Å². The Hall–Kier alpha value is -1.20. The minimum atomic E-state index is -0.129. The second kappa shape index (κ2) is 5.23. The average molecular weight is 250 g/mol. The van der Waals surface area contributed by atoms with Crippen molar-refractivity contribution in [1.29, 1.82) is 0 Å². The van der Waals surface area contributed by atoms with Gasteiger partial charge in [0.2, 0.25) is 0 Å². The summed E-state index contributed by atoms with van der Waals surface area (Å²) in [4.78, 5) is 12.0. The van der Waals surface area contributed by atoms with Gasteiger partial charge in [0.15, 0.2) is 10.1 Å². The van der Waals surface area contributed by atoms with E-state index in [1.807, 2.05) is 37.3 Å². The Kier molecular flexibility index (Phi) is 3.69. The second-order valence-corrected chi connectivity index (χ2v) is 5.62. The van der Waals surface area contributed by atoms with Gasteiger partial charge in [0.1, 0.15) is 5.51 Å². The lowest BCUT2D eigenvalue weighted by Gasteiger charge is -2.07. The van der Waals surface area contributed by atoms with Crippen LogP contribution in [-0.4, -0.2) is 21.2 Å². The third kappa shape index (κ3) is 2.68. The molecule has 0 bridgehead atoms. The summed E-state index contributed by atoms with van der Waals surface area (Å²) in [6, 6.07) is 9.31. The Morgan fingerprint density at radius 3 is 2.75 bits per heavy atom. The number of hydrogen-bond acceptors (Lipinski definition) is 5. The standard InChI is InChI=1S/C11H10N2OS2/c1-8(16-11-13-12-7-15-11)10(14)9-5-3-2-4-6-9/h2-8H,1H3/t8-/m1/s1. The van der Waals surface area contributed by atoms with E-state index in [4.69, 9.17) is 0 Å². The molecule has 1 heterocycles. The van der Waals surface area contributed by atoms with Crippen molar-refractivity contribution in [1.82, 2.24) is 10.2 Å². The normalized spacial score (nSPS) is 12.3. The number of carbonyl (C=O) groups excluding carboxylic acids is 1. The maximum atomic E-state index is 12.0. The van der Waals surface area contributed by atoms with Gasteiger partial charge in [-0.25, -0.2) is 0 Å². The molecule has 1 atom stereocenters. The Balaban J connectivity index is 2.05. The molecule has 0 unspecified atom stereocenters. The molecule has 0 N–H and O–H groups in total. The minimum absolute atomic E-state index is 0.126. The quantitative estimate of drug-likeness (QED) is 0.618. The number of thioether (sulfide) groups is 1. The van der Waals surface area contributed by atoms with E-state index < -0.39 is 0 Å². The summed E-state index contributed by atoms with van der Waals surface area (Å²) in [7, 11) is 0. The molecule has 0 amide bonds. The molecule has 82 valence electrons. The molecule has 0 fully saturated rings. The van der Waals surface area contributed by atoms with Crippen LogP contribution >= 0.6 is 23.1 Å². The summed E-state index contributed by atoms with van der Waals surface area (Å²) >= 11 is 2.90. The van der Waals surface area contributed by atoms with Crippen molar-refractivity contribution in [3.05, 3.63) is 41.4 Å². The predicted octanol–water partition coefficient (Wildman–Crippen LogP) is 2.90. The Labute approximate surface area is 102 Å². The van der Waals surface area contributed by atoms with Crippen LogP contribution in [0.3, 0.4) is 0 Å². The lowest BCUT2D eigenvalue weighted by molar-refractivity contribution is 0.0994. The molecular formula is C11H10N2OS2. The van der Waals surface area contributed by atoms with Crippen LogP contribution in [0, 0.1) is 0 Å². The predicted molar refractivity (Wildman–Crippen MR) is 66.0 cm³/mol. The Morgan fingerprint density at radius 2 is 2.12 bits per heavy atom. The highest BCUT2D eigenvalue weighted by Crippen LogP contribution is 2.26. The van der Waals surface area contributed by atoms with E-state index >= 15 is 0 Å². The molecule has 0 aliphatic heterocycles. The van der Waals surface area contributed by atoms with Crippen molar-refractivity contribution >= 4 is 28.9 Å². The molecule has 0 spiro atoms. The van der Waals surface area contributed by atoms with Crippen molar-refractivity contribution in [2.24, 2.45) is 0 Å². The fourth-order valence-electron chi connectivity index (χ4n) is 1.26. The summed E-state index contributed by atoms with van der Waals surface area (Å²) in [5.41, 5.74) is 2.41. The molecule has 0 saturated heterocycles. The Bertz CT molecular complexity index is 456. The summed E-state index contributed by atoms with van der Waals surface area (Å²) in [5, 5.41) is 7.53.